The molecule has 0 aliphatic rings. The molecule has 1 heterocycles. The Balaban J connectivity index is 1.74. The summed E-state index contributed by atoms with van der Waals surface area (Å²) in [5, 5.41) is 12.3. The molecule has 3 aromatic rings. The van der Waals surface area contributed by atoms with Crippen molar-refractivity contribution in [2.45, 2.75) is 30.3 Å². The van der Waals surface area contributed by atoms with E-state index in [1.165, 1.54) is 11.8 Å². The molecule has 0 amide bonds. The molecule has 7 heteroatoms. The Morgan fingerprint density at radius 1 is 1.15 bits per heavy atom. The van der Waals surface area contributed by atoms with E-state index in [0.717, 1.165) is 11.3 Å². The molecule has 26 heavy (non-hydrogen) atoms. The van der Waals surface area contributed by atoms with Crippen LogP contribution in [0.3, 0.4) is 0 Å². The van der Waals surface area contributed by atoms with Crippen LogP contribution >= 0.6 is 11.8 Å². The number of methoxy groups -OCH3 is 1. The Labute approximate surface area is 156 Å². The number of thioether (sulfide) groups is 1. The van der Waals surface area contributed by atoms with Gasteiger partial charge < -0.3 is 4.74 Å². The van der Waals surface area contributed by atoms with Crippen molar-refractivity contribution in [2.24, 2.45) is 0 Å². The Kier molecular flexibility index (Phi) is 6.01. The van der Waals surface area contributed by atoms with Crippen LogP contribution in [0.2, 0.25) is 0 Å². The van der Waals surface area contributed by atoms with Crippen LogP contribution in [0.4, 0.5) is 0 Å². The Morgan fingerprint density at radius 2 is 1.88 bits per heavy atom. The number of carbonyl (C=O) groups excluding carboxylic acids is 1. The van der Waals surface area contributed by atoms with Crippen LogP contribution < -0.4 is 4.74 Å². The lowest BCUT2D eigenvalue weighted by atomic mass is 10.1. The maximum atomic E-state index is 12.8. The molecule has 2 aromatic carbocycles. The van der Waals surface area contributed by atoms with E-state index < -0.39 is 0 Å². The molecule has 0 saturated heterocycles. The largest absolute Gasteiger partial charge is 0.497 e. The van der Waals surface area contributed by atoms with Gasteiger partial charge in [0.15, 0.2) is 5.78 Å². The van der Waals surface area contributed by atoms with Gasteiger partial charge in [-0.15, -0.1) is 5.10 Å². The second-order valence-corrected chi connectivity index (χ2v) is 6.88. The van der Waals surface area contributed by atoms with Crippen molar-refractivity contribution in [3.8, 4) is 5.75 Å². The average Bonchev–Trinajstić information content (AvgIpc) is 3.13. The maximum absolute atomic E-state index is 12.8. The van der Waals surface area contributed by atoms with E-state index in [9.17, 15) is 4.79 Å². The third-order valence-electron chi connectivity index (χ3n) is 3.96. The smallest absolute Gasteiger partial charge is 0.210 e. The van der Waals surface area contributed by atoms with Crippen LogP contribution in [-0.2, 0) is 6.54 Å². The molecular formula is C19H20N4O2S. The summed E-state index contributed by atoms with van der Waals surface area (Å²) in [5.74, 6) is 0.795. The predicted molar refractivity (Wildman–Crippen MR) is 101 cm³/mol. The second-order valence-electron chi connectivity index (χ2n) is 5.71. The van der Waals surface area contributed by atoms with Gasteiger partial charge in [-0.1, -0.05) is 49.0 Å². The van der Waals surface area contributed by atoms with Gasteiger partial charge in [-0.25, -0.2) is 4.68 Å². The van der Waals surface area contributed by atoms with E-state index in [1.54, 1.807) is 36.1 Å². The third kappa shape index (κ3) is 4.29. The molecule has 0 spiro atoms. The monoisotopic (exact) mass is 368 g/mol. The summed E-state index contributed by atoms with van der Waals surface area (Å²) in [4.78, 5) is 12.8. The van der Waals surface area contributed by atoms with Crippen molar-refractivity contribution < 1.29 is 9.53 Å². The fraction of sp³-hybridized carbons (Fsp3) is 0.263. The van der Waals surface area contributed by atoms with Gasteiger partial charge in [-0.05, 0) is 46.7 Å². The lowest BCUT2D eigenvalue weighted by Crippen LogP contribution is -2.18. The maximum Gasteiger partial charge on any atom is 0.210 e. The number of aromatic nitrogens is 4. The van der Waals surface area contributed by atoms with Gasteiger partial charge >= 0.3 is 0 Å². The van der Waals surface area contributed by atoms with Crippen molar-refractivity contribution >= 4 is 17.5 Å². The highest BCUT2D eigenvalue weighted by atomic mass is 32.2. The lowest BCUT2D eigenvalue weighted by molar-refractivity contribution is 0.0988. The summed E-state index contributed by atoms with van der Waals surface area (Å²) in [6.45, 7) is 2.56. The van der Waals surface area contributed by atoms with E-state index in [2.05, 4.69) is 15.5 Å². The minimum Gasteiger partial charge on any atom is -0.497 e. The Morgan fingerprint density at radius 3 is 2.54 bits per heavy atom. The zero-order valence-corrected chi connectivity index (χ0v) is 15.5. The number of benzene rings is 2. The van der Waals surface area contributed by atoms with E-state index in [-0.39, 0.29) is 11.0 Å². The number of Topliss-reactive ketones (excluding diaryl/α,β-unsaturated/α-hetero) is 1. The standard InChI is InChI=1S/C19H20N4O2S/c1-3-17(18(24)15-9-11-16(25-2)12-10-15)26-19-20-21-22-23(19)13-14-7-5-4-6-8-14/h4-12,17H,3,13H2,1-2H3. The molecular weight excluding hydrogens is 348 g/mol. The molecule has 0 bridgehead atoms. The van der Waals surface area contributed by atoms with E-state index >= 15 is 0 Å². The van der Waals surface area contributed by atoms with E-state index in [0.29, 0.717) is 23.7 Å². The van der Waals surface area contributed by atoms with Gasteiger partial charge in [-0.2, -0.15) is 0 Å². The van der Waals surface area contributed by atoms with Crippen molar-refractivity contribution in [3.63, 3.8) is 0 Å². The Bertz CT molecular complexity index is 849. The predicted octanol–water partition coefficient (Wildman–Crippen LogP) is 3.48. The highest BCUT2D eigenvalue weighted by Crippen LogP contribution is 2.27. The van der Waals surface area contributed by atoms with Gasteiger partial charge in [0.1, 0.15) is 5.75 Å². The van der Waals surface area contributed by atoms with Crippen molar-refractivity contribution in [1.82, 2.24) is 20.2 Å². The topological polar surface area (TPSA) is 69.9 Å². The van der Waals surface area contributed by atoms with E-state index in [4.69, 9.17) is 4.74 Å². The molecule has 3 rings (SSSR count). The first-order valence-electron chi connectivity index (χ1n) is 8.36. The summed E-state index contributed by atoms with van der Waals surface area (Å²) in [6.07, 6.45) is 0.688. The van der Waals surface area contributed by atoms with Gasteiger partial charge in [0, 0.05) is 5.56 Å². The first-order valence-corrected chi connectivity index (χ1v) is 9.24. The fourth-order valence-electron chi connectivity index (χ4n) is 2.53. The van der Waals surface area contributed by atoms with Crippen LogP contribution in [0, 0.1) is 0 Å². The zero-order valence-electron chi connectivity index (χ0n) is 14.7. The first-order chi connectivity index (χ1) is 12.7. The van der Waals surface area contributed by atoms with E-state index in [1.807, 2.05) is 37.3 Å². The minimum absolute atomic E-state index is 0.0643. The number of ether oxygens (including phenoxy) is 1. The van der Waals surface area contributed by atoms with Crippen LogP contribution in [0.1, 0.15) is 29.3 Å². The number of hydrogen-bond donors (Lipinski definition) is 0. The molecule has 1 unspecified atom stereocenters. The number of hydrogen-bond acceptors (Lipinski definition) is 6. The molecule has 6 nitrogen and oxygen atoms in total. The molecule has 0 fully saturated rings. The summed E-state index contributed by atoms with van der Waals surface area (Å²) in [5.41, 5.74) is 1.77. The highest BCUT2D eigenvalue weighted by molar-refractivity contribution is 8.00. The van der Waals surface area contributed by atoms with Crippen molar-refractivity contribution in [2.75, 3.05) is 7.11 Å². The summed E-state index contributed by atoms with van der Waals surface area (Å²) in [7, 11) is 1.61. The molecule has 0 saturated carbocycles. The minimum atomic E-state index is -0.246. The van der Waals surface area contributed by atoms with Gasteiger partial charge in [0.2, 0.25) is 5.16 Å². The average molecular weight is 368 g/mol. The third-order valence-corrected chi connectivity index (χ3v) is 5.29. The molecule has 0 N–H and O–H groups in total. The molecule has 1 atom stereocenters. The van der Waals surface area contributed by atoms with Crippen LogP contribution in [0.5, 0.6) is 5.75 Å². The highest BCUT2D eigenvalue weighted by Gasteiger charge is 2.22. The molecule has 0 aliphatic heterocycles. The van der Waals surface area contributed by atoms with Crippen LogP contribution in [0.25, 0.3) is 0 Å². The van der Waals surface area contributed by atoms with Crippen molar-refractivity contribution in [3.05, 3.63) is 65.7 Å². The summed E-state index contributed by atoms with van der Waals surface area (Å²) in [6, 6.07) is 17.1. The lowest BCUT2D eigenvalue weighted by Gasteiger charge is -2.13. The summed E-state index contributed by atoms with van der Waals surface area (Å²) < 4.78 is 6.87. The number of nitrogens with zero attached hydrogens (tertiary/aromatic N) is 4. The number of ketones is 1. The van der Waals surface area contributed by atoms with Crippen molar-refractivity contribution in [1.29, 1.82) is 0 Å². The SMILES string of the molecule is CCC(Sc1nnnn1Cc1ccccc1)C(=O)c1ccc(OC)cc1. The Hall–Kier alpha value is -2.67. The second kappa shape index (κ2) is 8.62. The van der Waals surface area contributed by atoms with Crippen LogP contribution in [0.15, 0.2) is 59.8 Å². The molecule has 0 radical (unpaired) electrons. The summed E-state index contributed by atoms with van der Waals surface area (Å²) >= 11 is 1.40. The van der Waals surface area contributed by atoms with Gasteiger partial charge in [0.25, 0.3) is 0 Å². The fourth-order valence-corrected chi connectivity index (χ4v) is 3.50. The molecule has 1 aromatic heterocycles. The number of rotatable bonds is 8. The molecule has 0 aliphatic carbocycles. The van der Waals surface area contributed by atoms with Gasteiger partial charge in [0.05, 0.1) is 18.9 Å². The zero-order chi connectivity index (χ0) is 18.4. The normalized spacial score (nSPS) is 11.9. The quantitative estimate of drug-likeness (QED) is 0.448. The van der Waals surface area contributed by atoms with Crippen LogP contribution in [-0.4, -0.2) is 38.4 Å². The number of carbonyl (C=O) groups is 1. The van der Waals surface area contributed by atoms with Gasteiger partial charge in [-0.3, -0.25) is 4.79 Å². The number of tetrazole rings is 1. The first kappa shape index (κ1) is 18.1. The molecule has 134 valence electrons.